The molecule has 4 rings (SSSR count). The average molecular weight is 460 g/mol. The summed E-state index contributed by atoms with van der Waals surface area (Å²) in [7, 11) is 0. The lowest BCUT2D eigenvalue weighted by molar-refractivity contribution is -0.137. The van der Waals surface area contributed by atoms with Crippen LogP contribution in [0.2, 0.25) is 0 Å². The molecule has 0 N–H and O–H groups in total. The number of hydrogen-bond donors (Lipinski definition) is 0. The quantitative estimate of drug-likeness (QED) is 0.675. The van der Waals surface area contributed by atoms with E-state index in [1.165, 1.54) is 11.6 Å². The van der Waals surface area contributed by atoms with Gasteiger partial charge in [0.05, 0.1) is 11.5 Å². The lowest BCUT2D eigenvalue weighted by Gasteiger charge is -2.37. The smallest absolute Gasteiger partial charge is 0.368 e. The van der Waals surface area contributed by atoms with Crippen LogP contribution in [-0.2, 0) is 15.8 Å². The lowest BCUT2D eigenvalue weighted by atomic mass is 10.0. The summed E-state index contributed by atoms with van der Waals surface area (Å²) in [5.41, 5.74) is 1.82. The van der Waals surface area contributed by atoms with Gasteiger partial charge in [0, 0.05) is 50.5 Å². The van der Waals surface area contributed by atoms with E-state index < -0.39 is 17.7 Å². The minimum atomic E-state index is -4.39. The summed E-state index contributed by atoms with van der Waals surface area (Å²) in [5.74, 6) is -0.124. The van der Waals surface area contributed by atoms with Crippen LogP contribution in [0.4, 0.5) is 24.5 Å². The third-order valence-electron chi connectivity index (χ3n) is 6.48. The molecule has 0 aromatic heterocycles. The van der Waals surface area contributed by atoms with Gasteiger partial charge in [0.2, 0.25) is 11.8 Å². The Kier molecular flexibility index (Phi) is 6.36. The number of halogens is 3. The van der Waals surface area contributed by atoms with Gasteiger partial charge in [-0.3, -0.25) is 9.59 Å². The van der Waals surface area contributed by atoms with E-state index >= 15 is 0 Å². The van der Waals surface area contributed by atoms with Crippen molar-refractivity contribution in [1.82, 2.24) is 4.90 Å². The second-order valence-corrected chi connectivity index (χ2v) is 9.01. The molecule has 2 heterocycles. The number of carbonyl (C=O) groups excluding carboxylic acids is 2. The zero-order valence-corrected chi connectivity index (χ0v) is 18.8. The van der Waals surface area contributed by atoms with Gasteiger partial charge in [-0.25, -0.2) is 0 Å². The van der Waals surface area contributed by atoms with Crippen molar-refractivity contribution in [3.63, 3.8) is 0 Å². The van der Waals surface area contributed by atoms with E-state index in [1.807, 2.05) is 29.2 Å². The first-order valence-corrected chi connectivity index (χ1v) is 11.2. The molecule has 2 aromatic carbocycles. The summed E-state index contributed by atoms with van der Waals surface area (Å²) in [6.07, 6.45) is -4.21. The van der Waals surface area contributed by atoms with E-state index in [0.717, 1.165) is 17.8 Å². The van der Waals surface area contributed by atoms with Crippen LogP contribution in [0, 0.1) is 5.92 Å². The van der Waals surface area contributed by atoms with Gasteiger partial charge >= 0.3 is 6.18 Å². The summed E-state index contributed by atoms with van der Waals surface area (Å²) in [6, 6.07) is 13.1. The first-order valence-electron chi connectivity index (χ1n) is 11.2. The first kappa shape index (κ1) is 23.1. The molecule has 5 nitrogen and oxygen atoms in total. The highest BCUT2D eigenvalue weighted by Crippen LogP contribution is 2.32. The summed E-state index contributed by atoms with van der Waals surface area (Å²) < 4.78 is 39.0. The van der Waals surface area contributed by atoms with Crippen LogP contribution in [0.1, 0.15) is 37.3 Å². The van der Waals surface area contributed by atoms with Crippen LogP contribution in [0.15, 0.2) is 48.5 Å². The number of carbonyl (C=O) groups is 2. The van der Waals surface area contributed by atoms with Crippen LogP contribution in [0.25, 0.3) is 0 Å². The summed E-state index contributed by atoms with van der Waals surface area (Å²) in [6.45, 7) is 6.31. The fraction of sp³-hybridized carbons (Fsp3) is 0.440. The van der Waals surface area contributed by atoms with E-state index in [4.69, 9.17) is 0 Å². The van der Waals surface area contributed by atoms with Crippen molar-refractivity contribution in [1.29, 1.82) is 0 Å². The van der Waals surface area contributed by atoms with Gasteiger partial charge in [0.1, 0.15) is 0 Å². The van der Waals surface area contributed by atoms with Gasteiger partial charge in [-0.1, -0.05) is 32.0 Å². The highest BCUT2D eigenvalue weighted by molar-refractivity contribution is 6.00. The number of alkyl halides is 3. The molecule has 176 valence electrons. The molecule has 2 aliphatic heterocycles. The highest BCUT2D eigenvalue weighted by Gasteiger charge is 2.38. The molecule has 1 atom stereocenters. The standard InChI is InChI=1S/C25H28F3N3O2/c1-17(2)18-6-8-21(9-7-18)31-16-19(14-23(31)32)24(33)30-12-10-29(11-13-30)22-5-3-4-20(15-22)25(26,27)28/h3-9,15,17,19H,10-14,16H2,1-2H3. The predicted octanol–water partition coefficient (Wildman–Crippen LogP) is 4.53. The van der Waals surface area contributed by atoms with Crippen molar-refractivity contribution in [3.05, 3.63) is 59.7 Å². The Balaban J connectivity index is 1.36. The van der Waals surface area contributed by atoms with Crippen molar-refractivity contribution < 1.29 is 22.8 Å². The van der Waals surface area contributed by atoms with Gasteiger partial charge in [0.25, 0.3) is 0 Å². The molecule has 33 heavy (non-hydrogen) atoms. The number of nitrogens with zero attached hydrogens (tertiary/aromatic N) is 3. The molecule has 1 unspecified atom stereocenters. The maximum absolute atomic E-state index is 13.1. The largest absolute Gasteiger partial charge is 0.416 e. The molecule has 8 heteroatoms. The van der Waals surface area contributed by atoms with E-state index in [-0.39, 0.29) is 18.2 Å². The number of benzene rings is 2. The third-order valence-corrected chi connectivity index (χ3v) is 6.48. The van der Waals surface area contributed by atoms with Crippen LogP contribution < -0.4 is 9.80 Å². The minimum absolute atomic E-state index is 0.0617. The molecule has 0 bridgehead atoms. The number of hydrogen-bond acceptors (Lipinski definition) is 3. The molecule has 2 aliphatic rings. The molecule has 2 saturated heterocycles. The van der Waals surface area contributed by atoms with Crippen LogP contribution in [0.3, 0.4) is 0 Å². The Morgan fingerprint density at radius 1 is 0.970 bits per heavy atom. The van der Waals surface area contributed by atoms with Gasteiger partial charge in [0.15, 0.2) is 0 Å². The SMILES string of the molecule is CC(C)c1ccc(N2CC(C(=O)N3CCN(c4cccc(C(F)(F)F)c4)CC3)CC2=O)cc1. The van der Waals surface area contributed by atoms with Crippen molar-refractivity contribution >= 4 is 23.2 Å². The lowest BCUT2D eigenvalue weighted by Crippen LogP contribution is -2.50. The van der Waals surface area contributed by atoms with Gasteiger partial charge in [-0.05, 0) is 41.8 Å². The fourth-order valence-corrected chi connectivity index (χ4v) is 4.48. The Morgan fingerprint density at radius 3 is 2.24 bits per heavy atom. The predicted molar refractivity (Wildman–Crippen MR) is 121 cm³/mol. The molecule has 2 aromatic rings. The summed E-state index contributed by atoms with van der Waals surface area (Å²) in [4.78, 5) is 30.9. The normalized spacial score (nSPS) is 19.5. The molecule has 0 radical (unpaired) electrons. The Bertz CT molecular complexity index is 1010. The molecule has 0 spiro atoms. The van der Waals surface area contributed by atoms with Crippen LogP contribution in [-0.4, -0.2) is 49.4 Å². The molecule has 2 fully saturated rings. The Morgan fingerprint density at radius 2 is 1.64 bits per heavy atom. The van der Waals surface area contributed by atoms with Crippen molar-refractivity contribution in [3.8, 4) is 0 Å². The van der Waals surface area contributed by atoms with Crippen LogP contribution >= 0.6 is 0 Å². The Labute approximate surface area is 191 Å². The van der Waals surface area contributed by atoms with Crippen LogP contribution in [0.5, 0.6) is 0 Å². The van der Waals surface area contributed by atoms with Crippen molar-refractivity contribution in [2.24, 2.45) is 5.92 Å². The van der Waals surface area contributed by atoms with Crippen molar-refractivity contribution in [2.75, 3.05) is 42.5 Å². The highest BCUT2D eigenvalue weighted by atomic mass is 19.4. The van der Waals surface area contributed by atoms with Gasteiger partial charge in [-0.15, -0.1) is 0 Å². The monoisotopic (exact) mass is 459 g/mol. The van der Waals surface area contributed by atoms with Crippen molar-refractivity contribution in [2.45, 2.75) is 32.4 Å². The molecule has 0 aliphatic carbocycles. The molecule has 2 amide bonds. The Hall–Kier alpha value is -3.03. The minimum Gasteiger partial charge on any atom is -0.368 e. The maximum Gasteiger partial charge on any atom is 0.416 e. The fourth-order valence-electron chi connectivity index (χ4n) is 4.48. The van der Waals surface area contributed by atoms with E-state index in [9.17, 15) is 22.8 Å². The zero-order valence-electron chi connectivity index (χ0n) is 18.8. The van der Waals surface area contributed by atoms with E-state index in [1.54, 1.807) is 15.9 Å². The van der Waals surface area contributed by atoms with E-state index in [0.29, 0.717) is 44.3 Å². The second kappa shape index (κ2) is 9.08. The second-order valence-electron chi connectivity index (χ2n) is 9.01. The zero-order chi connectivity index (χ0) is 23.8. The average Bonchev–Trinajstić information content (AvgIpc) is 3.20. The summed E-state index contributed by atoms with van der Waals surface area (Å²) in [5, 5.41) is 0. The third kappa shape index (κ3) is 4.99. The summed E-state index contributed by atoms with van der Waals surface area (Å²) >= 11 is 0. The number of anilines is 2. The molecule has 0 saturated carbocycles. The topological polar surface area (TPSA) is 43.9 Å². The first-order chi connectivity index (χ1) is 15.6. The van der Waals surface area contributed by atoms with Gasteiger partial charge in [-0.2, -0.15) is 13.2 Å². The number of amides is 2. The van der Waals surface area contributed by atoms with E-state index in [2.05, 4.69) is 13.8 Å². The molecular weight excluding hydrogens is 431 g/mol. The maximum atomic E-state index is 13.1. The number of rotatable bonds is 4. The molecular formula is C25H28F3N3O2. The van der Waals surface area contributed by atoms with Gasteiger partial charge < -0.3 is 14.7 Å². The number of piperazine rings is 1.